The van der Waals surface area contributed by atoms with Crippen molar-refractivity contribution in [3.63, 3.8) is 0 Å². The molecule has 0 aliphatic carbocycles. The Labute approximate surface area is 60.7 Å². The van der Waals surface area contributed by atoms with Crippen LogP contribution in [0.15, 0.2) is 12.4 Å². The SMILES string of the molecule is Clc1[c]n2ccnc2s1. The van der Waals surface area contributed by atoms with E-state index in [2.05, 4.69) is 11.2 Å². The van der Waals surface area contributed by atoms with Gasteiger partial charge >= 0.3 is 0 Å². The van der Waals surface area contributed by atoms with Gasteiger partial charge in [0.2, 0.25) is 0 Å². The third kappa shape index (κ3) is 0.730. The summed E-state index contributed by atoms with van der Waals surface area (Å²) in [6, 6.07) is 0. The summed E-state index contributed by atoms with van der Waals surface area (Å²) in [5, 5.41) is 0. The topological polar surface area (TPSA) is 17.3 Å². The van der Waals surface area contributed by atoms with E-state index in [1.165, 1.54) is 11.3 Å². The average Bonchev–Trinajstić information content (AvgIpc) is 2.22. The van der Waals surface area contributed by atoms with Crippen LogP contribution in [-0.2, 0) is 0 Å². The number of imidazole rings is 1. The maximum Gasteiger partial charge on any atom is 0.195 e. The van der Waals surface area contributed by atoms with Crippen LogP contribution in [0.4, 0.5) is 0 Å². The summed E-state index contributed by atoms with van der Waals surface area (Å²) in [6.45, 7) is 0. The highest BCUT2D eigenvalue weighted by molar-refractivity contribution is 7.20. The first-order valence-corrected chi connectivity index (χ1v) is 3.56. The summed E-state index contributed by atoms with van der Waals surface area (Å²) < 4.78 is 2.42. The molecule has 0 bridgehead atoms. The monoisotopic (exact) mass is 157 g/mol. The van der Waals surface area contributed by atoms with Crippen LogP contribution in [0.25, 0.3) is 4.96 Å². The molecule has 2 rings (SSSR count). The molecule has 9 heavy (non-hydrogen) atoms. The fourth-order valence-corrected chi connectivity index (χ4v) is 1.57. The highest BCUT2D eigenvalue weighted by atomic mass is 35.5. The lowest BCUT2D eigenvalue weighted by atomic mass is 10.9. The molecule has 0 aliphatic heterocycles. The molecule has 0 aromatic carbocycles. The first-order valence-electron chi connectivity index (χ1n) is 2.37. The summed E-state index contributed by atoms with van der Waals surface area (Å²) >= 11 is 7.05. The van der Waals surface area contributed by atoms with Gasteiger partial charge in [0.1, 0.15) is 10.5 Å². The van der Waals surface area contributed by atoms with E-state index in [0.29, 0.717) is 4.34 Å². The van der Waals surface area contributed by atoms with Crippen LogP contribution in [-0.4, -0.2) is 9.38 Å². The Morgan fingerprint density at radius 3 is 3.44 bits per heavy atom. The zero-order valence-corrected chi connectivity index (χ0v) is 5.91. The summed E-state index contributed by atoms with van der Waals surface area (Å²) in [5.74, 6) is 0. The van der Waals surface area contributed by atoms with Gasteiger partial charge in [-0.15, -0.1) is 0 Å². The van der Waals surface area contributed by atoms with Gasteiger partial charge in [0.25, 0.3) is 0 Å². The van der Waals surface area contributed by atoms with Crippen molar-refractivity contribution in [2.75, 3.05) is 0 Å². The van der Waals surface area contributed by atoms with Gasteiger partial charge in [0, 0.05) is 12.4 Å². The Balaban J connectivity index is 2.92. The molecular weight excluding hydrogens is 156 g/mol. The molecule has 0 aliphatic rings. The van der Waals surface area contributed by atoms with E-state index < -0.39 is 0 Å². The summed E-state index contributed by atoms with van der Waals surface area (Å²) in [5.41, 5.74) is 0. The number of rotatable bonds is 0. The largest absolute Gasteiger partial charge is 0.287 e. The van der Waals surface area contributed by atoms with Gasteiger partial charge in [-0.1, -0.05) is 22.9 Å². The van der Waals surface area contributed by atoms with E-state index in [1.807, 2.05) is 6.20 Å². The summed E-state index contributed by atoms with van der Waals surface area (Å²) in [4.78, 5) is 4.89. The predicted octanol–water partition coefficient (Wildman–Crippen LogP) is 1.85. The smallest absolute Gasteiger partial charge is 0.195 e. The molecular formula is C5H2ClN2S. The van der Waals surface area contributed by atoms with Gasteiger partial charge in [-0.3, -0.25) is 4.40 Å². The lowest BCUT2D eigenvalue weighted by Gasteiger charge is -1.70. The predicted molar refractivity (Wildman–Crippen MR) is 36.9 cm³/mol. The van der Waals surface area contributed by atoms with Crippen molar-refractivity contribution in [3.05, 3.63) is 22.9 Å². The molecule has 0 amide bonds. The normalized spacial score (nSPS) is 10.8. The maximum absolute atomic E-state index is 5.63. The van der Waals surface area contributed by atoms with E-state index in [1.54, 1.807) is 10.6 Å². The van der Waals surface area contributed by atoms with Gasteiger partial charge in [-0.05, 0) is 0 Å². The standard InChI is InChI=1S/C5H2ClN2S/c6-4-3-8-2-1-7-5(8)9-4/h1-2H. The minimum atomic E-state index is 0.651. The molecule has 2 heterocycles. The number of thiazole rings is 1. The first kappa shape index (κ1) is 5.26. The number of halogens is 1. The number of hydrogen-bond donors (Lipinski definition) is 0. The Morgan fingerprint density at radius 2 is 2.67 bits per heavy atom. The molecule has 4 heteroatoms. The van der Waals surface area contributed by atoms with Crippen LogP contribution >= 0.6 is 22.9 Å². The number of hydrogen-bond acceptors (Lipinski definition) is 2. The Hall–Kier alpha value is -0.540. The molecule has 0 N–H and O–H groups in total. The first-order chi connectivity index (χ1) is 4.36. The van der Waals surface area contributed by atoms with Gasteiger partial charge < -0.3 is 0 Å². The van der Waals surface area contributed by atoms with Gasteiger partial charge in [-0.25, -0.2) is 4.98 Å². The Morgan fingerprint density at radius 1 is 1.78 bits per heavy atom. The van der Waals surface area contributed by atoms with E-state index >= 15 is 0 Å². The second kappa shape index (κ2) is 1.72. The molecule has 1 radical (unpaired) electrons. The Kier molecular flexibility index (Phi) is 1.00. The minimum absolute atomic E-state index is 0.651. The van der Waals surface area contributed by atoms with Gasteiger partial charge in [0.05, 0.1) is 0 Å². The van der Waals surface area contributed by atoms with Crippen molar-refractivity contribution in [1.29, 1.82) is 0 Å². The molecule has 2 nitrogen and oxygen atoms in total. The minimum Gasteiger partial charge on any atom is -0.287 e. The van der Waals surface area contributed by atoms with Gasteiger partial charge in [-0.2, -0.15) is 0 Å². The van der Waals surface area contributed by atoms with Crippen molar-refractivity contribution in [1.82, 2.24) is 9.38 Å². The number of aromatic nitrogens is 2. The van der Waals surface area contributed by atoms with Gasteiger partial charge in [0.15, 0.2) is 4.96 Å². The van der Waals surface area contributed by atoms with Crippen molar-refractivity contribution >= 4 is 27.9 Å². The van der Waals surface area contributed by atoms with Crippen molar-refractivity contribution in [2.45, 2.75) is 0 Å². The fraction of sp³-hybridized carbons (Fsp3) is 0. The fourth-order valence-electron chi connectivity index (χ4n) is 0.648. The van der Waals surface area contributed by atoms with E-state index in [9.17, 15) is 0 Å². The third-order valence-electron chi connectivity index (χ3n) is 0.996. The zero-order chi connectivity index (χ0) is 6.27. The second-order valence-corrected chi connectivity index (χ2v) is 3.15. The quantitative estimate of drug-likeness (QED) is 0.571. The molecule has 0 fully saturated rings. The molecule has 0 unspecified atom stereocenters. The third-order valence-corrected chi connectivity index (χ3v) is 2.07. The molecule has 0 saturated carbocycles. The molecule has 0 spiro atoms. The molecule has 2 aromatic heterocycles. The lowest BCUT2D eigenvalue weighted by molar-refractivity contribution is 1.22. The Bertz CT molecular complexity index is 296. The molecule has 0 saturated heterocycles. The molecule has 2 aromatic rings. The summed E-state index contributed by atoms with van der Waals surface area (Å²) in [7, 11) is 0. The van der Waals surface area contributed by atoms with Crippen LogP contribution < -0.4 is 0 Å². The van der Waals surface area contributed by atoms with Crippen LogP contribution in [0.5, 0.6) is 0 Å². The maximum atomic E-state index is 5.63. The van der Waals surface area contributed by atoms with Crippen LogP contribution in [0, 0.1) is 6.20 Å². The lowest BCUT2D eigenvalue weighted by Crippen LogP contribution is -1.67. The summed E-state index contributed by atoms with van der Waals surface area (Å²) in [6.07, 6.45) is 6.41. The van der Waals surface area contributed by atoms with Crippen molar-refractivity contribution in [2.24, 2.45) is 0 Å². The second-order valence-electron chi connectivity index (χ2n) is 1.57. The highest BCUT2D eigenvalue weighted by Gasteiger charge is 1.97. The number of nitrogens with zero attached hydrogens (tertiary/aromatic N) is 2. The molecule has 45 valence electrons. The van der Waals surface area contributed by atoms with Crippen LogP contribution in [0.1, 0.15) is 0 Å². The average molecular weight is 158 g/mol. The van der Waals surface area contributed by atoms with Crippen LogP contribution in [0.3, 0.4) is 0 Å². The van der Waals surface area contributed by atoms with E-state index in [4.69, 9.17) is 11.6 Å². The van der Waals surface area contributed by atoms with E-state index in [-0.39, 0.29) is 0 Å². The zero-order valence-electron chi connectivity index (χ0n) is 4.34. The highest BCUT2D eigenvalue weighted by Crippen LogP contribution is 2.19. The van der Waals surface area contributed by atoms with Crippen molar-refractivity contribution < 1.29 is 0 Å². The molecule has 0 atom stereocenters. The number of fused-ring (bicyclic) bond motifs is 1. The van der Waals surface area contributed by atoms with E-state index in [0.717, 1.165) is 4.96 Å². The van der Waals surface area contributed by atoms with Crippen LogP contribution in [0.2, 0.25) is 4.34 Å². The van der Waals surface area contributed by atoms with Crippen molar-refractivity contribution in [3.8, 4) is 0 Å².